The summed E-state index contributed by atoms with van der Waals surface area (Å²) in [6.07, 6.45) is 0. The van der Waals surface area contributed by atoms with Gasteiger partial charge in [-0.05, 0) is 49.7 Å². The fourth-order valence-electron chi connectivity index (χ4n) is 1.76. The predicted octanol–water partition coefficient (Wildman–Crippen LogP) is 3.90. The smallest absolute Gasteiger partial charge is 0.337 e. The molecule has 0 aliphatic heterocycles. The lowest BCUT2D eigenvalue weighted by atomic mass is 10.2. The number of aromatic carboxylic acids is 1. The molecule has 2 rings (SSSR count). The Kier molecular flexibility index (Phi) is 3.85. The van der Waals surface area contributed by atoms with E-state index in [-0.39, 0.29) is 5.56 Å². The second-order valence-corrected chi connectivity index (χ2v) is 5.13. The maximum absolute atomic E-state index is 10.9. The van der Waals surface area contributed by atoms with Gasteiger partial charge in [0.05, 0.1) is 11.3 Å². The van der Waals surface area contributed by atoms with Crippen LogP contribution in [0.1, 0.15) is 21.6 Å². The van der Waals surface area contributed by atoms with Crippen LogP contribution in [0.25, 0.3) is 0 Å². The quantitative estimate of drug-likeness (QED) is 0.900. The summed E-state index contributed by atoms with van der Waals surface area (Å²) in [4.78, 5) is 15.2. The number of nitrogens with zero attached hydrogens (tertiary/aromatic N) is 1. The molecule has 4 nitrogen and oxygen atoms in total. The molecule has 0 unspecified atom stereocenters. The van der Waals surface area contributed by atoms with Crippen LogP contribution < -0.4 is 5.32 Å². The van der Waals surface area contributed by atoms with Gasteiger partial charge in [-0.2, -0.15) is 0 Å². The molecule has 0 radical (unpaired) electrons. The minimum Gasteiger partial charge on any atom is -0.478 e. The summed E-state index contributed by atoms with van der Waals surface area (Å²) in [6.45, 7) is 3.68. The number of halogens is 1. The van der Waals surface area contributed by atoms with E-state index in [2.05, 4.69) is 26.2 Å². The number of aromatic nitrogens is 1. The first-order chi connectivity index (χ1) is 8.97. The minimum absolute atomic E-state index is 0.220. The molecule has 5 heteroatoms. The number of anilines is 2. The number of carboxylic acids is 1. The average Bonchev–Trinajstić information content (AvgIpc) is 2.32. The van der Waals surface area contributed by atoms with E-state index in [9.17, 15) is 4.79 Å². The van der Waals surface area contributed by atoms with Crippen molar-refractivity contribution in [2.75, 3.05) is 5.32 Å². The van der Waals surface area contributed by atoms with Crippen molar-refractivity contribution in [1.29, 1.82) is 0 Å². The van der Waals surface area contributed by atoms with Crippen LogP contribution >= 0.6 is 15.9 Å². The molecule has 0 bridgehead atoms. The van der Waals surface area contributed by atoms with Crippen molar-refractivity contribution in [3.8, 4) is 0 Å². The third kappa shape index (κ3) is 3.12. The van der Waals surface area contributed by atoms with Gasteiger partial charge < -0.3 is 10.4 Å². The molecule has 0 aliphatic carbocycles. The fraction of sp³-hybridized carbons (Fsp3) is 0.143. The molecule has 2 N–H and O–H groups in total. The van der Waals surface area contributed by atoms with Crippen molar-refractivity contribution >= 4 is 33.4 Å². The minimum atomic E-state index is -0.962. The van der Waals surface area contributed by atoms with E-state index in [1.165, 1.54) is 0 Å². The molecule has 1 heterocycles. The number of hydrogen-bond donors (Lipinski definition) is 2. The lowest BCUT2D eigenvalue weighted by Gasteiger charge is -2.10. The maximum atomic E-state index is 10.9. The summed E-state index contributed by atoms with van der Waals surface area (Å²) in [5, 5.41) is 12.1. The first kappa shape index (κ1) is 13.5. The summed E-state index contributed by atoms with van der Waals surface area (Å²) >= 11 is 3.41. The lowest BCUT2D eigenvalue weighted by Crippen LogP contribution is -2.04. The van der Waals surface area contributed by atoms with Crippen LogP contribution in [-0.4, -0.2) is 16.1 Å². The van der Waals surface area contributed by atoms with E-state index in [0.29, 0.717) is 11.5 Å². The zero-order valence-electron chi connectivity index (χ0n) is 10.6. The van der Waals surface area contributed by atoms with Gasteiger partial charge >= 0.3 is 5.97 Å². The van der Waals surface area contributed by atoms with Gasteiger partial charge in [-0.1, -0.05) is 15.9 Å². The summed E-state index contributed by atoms with van der Waals surface area (Å²) in [5.74, 6) is -0.329. The SMILES string of the molecule is Cc1cc(Br)ccc1Nc1ccc(C(=O)O)c(C)n1. The molecule has 2 aromatic rings. The van der Waals surface area contributed by atoms with Crippen molar-refractivity contribution < 1.29 is 9.90 Å². The van der Waals surface area contributed by atoms with Crippen LogP contribution in [0.3, 0.4) is 0 Å². The van der Waals surface area contributed by atoms with Gasteiger partial charge in [-0.3, -0.25) is 0 Å². The molecular weight excluding hydrogens is 308 g/mol. The van der Waals surface area contributed by atoms with Crippen LogP contribution in [0.2, 0.25) is 0 Å². The predicted molar refractivity (Wildman–Crippen MR) is 78.1 cm³/mol. The number of benzene rings is 1. The Morgan fingerprint density at radius 3 is 2.58 bits per heavy atom. The van der Waals surface area contributed by atoms with Gasteiger partial charge in [0.25, 0.3) is 0 Å². The largest absolute Gasteiger partial charge is 0.478 e. The molecule has 0 atom stereocenters. The number of pyridine rings is 1. The Bertz CT molecular complexity index is 641. The third-order valence-electron chi connectivity index (χ3n) is 2.77. The fourth-order valence-corrected chi connectivity index (χ4v) is 2.24. The molecule has 0 fully saturated rings. The molecule has 0 saturated carbocycles. The van der Waals surface area contributed by atoms with Crippen LogP contribution in [0.4, 0.5) is 11.5 Å². The first-order valence-electron chi connectivity index (χ1n) is 5.71. The Hall–Kier alpha value is -1.88. The van der Waals surface area contributed by atoms with Crippen molar-refractivity contribution in [2.24, 2.45) is 0 Å². The maximum Gasteiger partial charge on any atom is 0.337 e. The molecule has 0 amide bonds. The van der Waals surface area contributed by atoms with Gasteiger partial charge in [0, 0.05) is 10.2 Å². The van der Waals surface area contributed by atoms with Crippen molar-refractivity contribution in [2.45, 2.75) is 13.8 Å². The Labute approximate surface area is 119 Å². The van der Waals surface area contributed by atoms with Crippen molar-refractivity contribution in [3.63, 3.8) is 0 Å². The second kappa shape index (κ2) is 5.40. The highest BCUT2D eigenvalue weighted by atomic mass is 79.9. The van der Waals surface area contributed by atoms with Crippen LogP contribution in [0.5, 0.6) is 0 Å². The summed E-state index contributed by atoms with van der Waals surface area (Å²) in [6, 6.07) is 9.11. The molecule has 0 saturated heterocycles. The monoisotopic (exact) mass is 320 g/mol. The second-order valence-electron chi connectivity index (χ2n) is 4.22. The number of hydrogen-bond acceptors (Lipinski definition) is 3. The van der Waals surface area contributed by atoms with Crippen LogP contribution in [0, 0.1) is 13.8 Å². The van der Waals surface area contributed by atoms with E-state index < -0.39 is 5.97 Å². The van der Waals surface area contributed by atoms with E-state index in [1.54, 1.807) is 19.1 Å². The Morgan fingerprint density at radius 1 is 1.26 bits per heavy atom. The van der Waals surface area contributed by atoms with Gasteiger partial charge in [0.15, 0.2) is 0 Å². The zero-order chi connectivity index (χ0) is 14.0. The number of nitrogens with one attached hydrogen (secondary N) is 1. The zero-order valence-corrected chi connectivity index (χ0v) is 12.2. The molecular formula is C14H13BrN2O2. The normalized spacial score (nSPS) is 10.3. The Morgan fingerprint density at radius 2 is 2.00 bits per heavy atom. The standard InChI is InChI=1S/C14H13BrN2O2/c1-8-7-10(15)3-5-12(8)17-13-6-4-11(14(18)19)9(2)16-13/h3-7H,1-2H3,(H,16,17)(H,18,19). The lowest BCUT2D eigenvalue weighted by molar-refractivity contribution is 0.0695. The molecule has 0 aliphatic rings. The first-order valence-corrected chi connectivity index (χ1v) is 6.51. The average molecular weight is 321 g/mol. The van der Waals surface area contributed by atoms with Gasteiger partial charge in [-0.25, -0.2) is 9.78 Å². The van der Waals surface area contributed by atoms with Gasteiger partial charge in [0.1, 0.15) is 5.82 Å². The number of carboxylic acid groups (broad SMARTS) is 1. The summed E-state index contributed by atoms with van der Waals surface area (Å²) in [7, 11) is 0. The highest BCUT2D eigenvalue weighted by Crippen LogP contribution is 2.23. The van der Waals surface area contributed by atoms with E-state index in [4.69, 9.17) is 5.11 Å². The number of rotatable bonds is 3. The third-order valence-corrected chi connectivity index (χ3v) is 3.26. The van der Waals surface area contributed by atoms with Crippen LogP contribution in [0.15, 0.2) is 34.8 Å². The Balaban J connectivity index is 2.29. The summed E-state index contributed by atoms with van der Waals surface area (Å²) < 4.78 is 1.01. The number of carbonyl (C=O) groups is 1. The topological polar surface area (TPSA) is 62.2 Å². The van der Waals surface area contributed by atoms with E-state index >= 15 is 0 Å². The number of aryl methyl sites for hydroxylation is 2. The van der Waals surface area contributed by atoms with Gasteiger partial charge in [-0.15, -0.1) is 0 Å². The van der Waals surface area contributed by atoms with Gasteiger partial charge in [0.2, 0.25) is 0 Å². The highest BCUT2D eigenvalue weighted by Gasteiger charge is 2.09. The van der Waals surface area contributed by atoms with Crippen LogP contribution in [-0.2, 0) is 0 Å². The molecule has 1 aromatic carbocycles. The van der Waals surface area contributed by atoms with Crippen molar-refractivity contribution in [3.05, 3.63) is 51.6 Å². The molecule has 98 valence electrons. The molecule has 19 heavy (non-hydrogen) atoms. The summed E-state index contributed by atoms with van der Waals surface area (Å²) in [5.41, 5.74) is 2.74. The molecule has 0 spiro atoms. The molecule has 1 aromatic heterocycles. The van der Waals surface area contributed by atoms with Crippen molar-refractivity contribution in [1.82, 2.24) is 4.98 Å². The highest BCUT2D eigenvalue weighted by molar-refractivity contribution is 9.10. The van der Waals surface area contributed by atoms with E-state index in [1.807, 2.05) is 25.1 Å². The van der Waals surface area contributed by atoms with E-state index in [0.717, 1.165) is 15.7 Å².